The molecule has 4 heterocycles. The first-order valence-electron chi connectivity index (χ1n) is 19.7. The summed E-state index contributed by atoms with van der Waals surface area (Å²) in [6, 6.07) is 0. The van der Waals surface area contributed by atoms with Gasteiger partial charge in [-0.2, -0.15) is 0 Å². The van der Waals surface area contributed by atoms with Crippen LogP contribution in [0.5, 0.6) is 0 Å². The number of likely N-dealkylation sites (N-methyl/N-ethyl adjacent to an activating group) is 1. The van der Waals surface area contributed by atoms with Crippen LogP contribution in [0.3, 0.4) is 0 Å². The van der Waals surface area contributed by atoms with E-state index in [-0.39, 0.29) is 0 Å². The van der Waals surface area contributed by atoms with Crippen LogP contribution in [0.25, 0.3) is 0 Å². The third kappa shape index (κ3) is 29.2. The van der Waals surface area contributed by atoms with E-state index in [9.17, 15) is 0 Å². The minimum absolute atomic E-state index is 1.04. The Balaban J connectivity index is 0.000000258. The van der Waals surface area contributed by atoms with Gasteiger partial charge in [-0.1, -0.05) is 111 Å². The fourth-order valence-corrected chi connectivity index (χ4v) is 6.14. The molecule has 4 aliphatic heterocycles. The molecule has 4 saturated heterocycles. The molecule has 7 rings (SSSR count). The summed E-state index contributed by atoms with van der Waals surface area (Å²) < 4.78 is 0. The lowest BCUT2D eigenvalue weighted by Gasteiger charge is -2.24. The van der Waals surface area contributed by atoms with Crippen LogP contribution in [-0.2, 0) is 0 Å². The van der Waals surface area contributed by atoms with Crippen molar-refractivity contribution in [3.05, 3.63) is 0 Å². The van der Waals surface area contributed by atoms with Gasteiger partial charge in [0.05, 0.1) is 0 Å². The zero-order chi connectivity index (χ0) is 32.3. The van der Waals surface area contributed by atoms with Gasteiger partial charge in [0.1, 0.15) is 0 Å². The molecular formula is C39H83N5. The second kappa shape index (κ2) is 29.0. The molecule has 264 valence electrons. The number of likely N-dealkylation sites (tertiary alicyclic amines) is 3. The van der Waals surface area contributed by atoms with Gasteiger partial charge < -0.3 is 24.9 Å². The molecule has 0 spiro atoms. The second-order valence-electron chi connectivity index (χ2n) is 15.6. The summed E-state index contributed by atoms with van der Waals surface area (Å²) in [6.45, 7) is 19.7. The predicted molar refractivity (Wildman–Crippen MR) is 198 cm³/mol. The van der Waals surface area contributed by atoms with Crippen LogP contribution >= 0.6 is 0 Å². The molecule has 1 N–H and O–H groups in total. The van der Waals surface area contributed by atoms with Crippen molar-refractivity contribution >= 4 is 0 Å². The van der Waals surface area contributed by atoms with Gasteiger partial charge in [0.15, 0.2) is 0 Å². The topological polar surface area (TPSA) is 25.0 Å². The van der Waals surface area contributed by atoms with Crippen molar-refractivity contribution in [3.8, 4) is 0 Å². The van der Waals surface area contributed by atoms with Crippen molar-refractivity contribution in [2.24, 2.45) is 17.8 Å². The van der Waals surface area contributed by atoms with Gasteiger partial charge in [-0.15, -0.1) is 0 Å². The Bertz CT molecular complexity index is 470. The van der Waals surface area contributed by atoms with E-state index in [0.717, 1.165) is 30.8 Å². The van der Waals surface area contributed by atoms with E-state index < -0.39 is 0 Å². The molecule has 0 unspecified atom stereocenters. The molecule has 5 heteroatoms. The smallest absolute Gasteiger partial charge is 0.0104 e. The zero-order valence-corrected chi connectivity index (χ0v) is 31.5. The number of nitrogens with zero attached hydrogens (tertiary/aromatic N) is 4. The highest BCUT2D eigenvalue weighted by Crippen LogP contribution is 2.26. The van der Waals surface area contributed by atoms with Crippen LogP contribution < -0.4 is 5.32 Å². The van der Waals surface area contributed by atoms with Crippen LogP contribution in [-0.4, -0.2) is 113 Å². The van der Waals surface area contributed by atoms with Crippen molar-refractivity contribution in [1.29, 1.82) is 0 Å². The second-order valence-corrected chi connectivity index (χ2v) is 15.6. The number of rotatable bonds is 0. The number of nitrogens with one attached hydrogen (secondary N) is 1. The number of piperazine rings is 1. The highest BCUT2D eigenvalue weighted by atomic mass is 15.2. The van der Waals surface area contributed by atoms with Crippen LogP contribution in [0.4, 0.5) is 0 Å². The quantitative estimate of drug-likeness (QED) is 0.292. The molecule has 0 amide bonds. The normalized spacial score (nSPS) is 25.4. The standard InChI is InChI=1S/2C7H14.2C6H13N.C5H12N2.C4H9N.C4H8/c4*1-7-5-3-2-4-6-7;1-7-4-2-6-3-5-7;1-5-3-2-4-5;1-4-2-3-4/h2*7H,2-6H2,1H3;2*2-6H2,1H3;6H,2-5H2,1H3;2-4H2,1H3;4H,2-3H2,1H3. The highest BCUT2D eigenvalue weighted by Gasteiger charge is 2.12. The SMILES string of the molecule is CC1CC1.CC1CCCCC1.CC1CCCCC1.CN1CCC1.CN1CCCCC1.CN1CCCCC1.CN1CCNCC1. The van der Waals surface area contributed by atoms with E-state index in [1.54, 1.807) is 0 Å². The molecule has 0 aromatic rings. The van der Waals surface area contributed by atoms with Gasteiger partial charge in [-0.05, 0) is 117 Å². The molecule has 0 atom stereocenters. The first kappa shape index (κ1) is 41.8. The van der Waals surface area contributed by atoms with Crippen molar-refractivity contribution in [1.82, 2.24) is 24.9 Å². The number of hydrogen-bond acceptors (Lipinski definition) is 5. The van der Waals surface area contributed by atoms with Crippen LogP contribution in [0.1, 0.15) is 143 Å². The Hall–Kier alpha value is -0.200. The van der Waals surface area contributed by atoms with Gasteiger partial charge >= 0.3 is 0 Å². The maximum Gasteiger partial charge on any atom is 0.0104 e. The molecule has 7 fully saturated rings. The summed E-state index contributed by atoms with van der Waals surface area (Å²) in [7, 11) is 8.68. The van der Waals surface area contributed by atoms with Crippen molar-refractivity contribution in [3.63, 3.8) is 0 Å². The molecule has 3 aliphatic carbocycles. The first-order valence-corrected chi connectivity index (χ1v) is 19.7. The van der Waals surface area contributed by atoms with Crippen LogP contribution in [0.15, 0.2) is 0 Å². The Morgan fingerprint density at radius 3 is 0.727 bits per heavy atom. The van der Waals surface area contributed by atoms with Gasteiger partial charge in [-0.25, -0.2) is 0 Å². The molecule has 0 aromatic heterocycles. The van der Waals surface area contributed by atoms with Crippen molar-refractivity contribution in [2.75, 3.05) is 93.6 Å². The molecule has 7 aliphatic rings. The van der Waals surface area contributed by atoms with Crippen LogP contribution in [0.2, 0.25) is 0 Å². The summed E-state index contributed by atoms with van der Waals surface area (Å²) >= 11 is 0. The molecule has 5 nitrogen and oxygen atoms in total. The lowest BCUT2D eigenvalue weighted by molar-refractivity contribution is 0.229. The third-order valence-electron chi connectivity index (χ3n) is 10.2. The minimum Gasteiger partial charge on any atom is -0.314 e. The Kier molecular flexibility index (Phi) is 27.5. The van der Waals surface area contributed by atoms with E-state index in [0.29, 0.717) is 0 Å². The molecule has 3 saturated carbocycles. The predicted octanol–water partition coefficient (Wildman–Crippen LogP) is 8.64. The van der Waals surface area contributed by atoms with E-state index >= 15 is 0 Å². The van der Waals surface area contributed by atoms with Crippen LogP contribution in [0, 0.1) is 17.8 Å². The van der Waals surface area contributed by atoms with Crippen molar-refractivity contribution in [2.45, 2.75) is 143 Å². The average Bonchev–Trinajstić information content (AvgIpc) is 3.82. The third-order valence-corrected chi connectivity index (χ3v) is 10.2. The Morgan fingerprint density at radius 1 is 0.318 bits per heavy atom. The Labute approximate surface area is 278 Å². The molecule has 0 bridgehead atoms. The zero-order valence-electron chi connectivity index (χ0n) is 31.5. The molecule has 44 heavy (non-hydrogen) atoms. The fraction of sp³-hybridized carbons (Fsp3) is 1.00. The molecule has 0 radical (unpaired) electrons. The summed E-state index contributed by atoms with van der Waals surface area (Å²) in [5.74, 6) is 3.16. The molecule has 0 aromatic carbocycles. The van der Waals surface area contributed by atoms with Gasteiger partial charge in [0.25, 0.3) is 0 Å². The maximum atomic E-state index is 3.27. The van der Waals surface area contributed by atoms with Crippen molar-refractivity contribution < 1.29 is 0 Å². The maximum absolute atomic E-state index is 3.27. The lowest BCUT2D eigenvalue weighted by Crippen LogP contribution is -2.40. The van der Waals surface area contributed by atoms with Gasteiger partial charge in [0.2, 0.25) is 0 Å². The van der Waals surface area contributed by atoms with Gasteiger partial charge in [0, 0.05) is 26.2 Å². The summed E-state index contributed by atoms with van der Waals surface area (Å²) in [5.41, 5.74) is 0. The summed E-state index contributed by atoms with van der Waals surface area (Å²) in [5, 5.41) is 3.27. The number of hydrogen-bond donors (Lipinski definition) is 1. The summed E-state index contributed by atoms with van der Waals surface area (Å²) in [6.07, 6.45) is 27.8. The lowest BCUT2D eigenvalue weighted by atomic mass is 9.91. The summed E-state index contributed by atoms with van der Waals surface area (Å²) in [4.78, 5) is 9.42. The minimum atomic E-state index is 1.04. The van der Waals surface area contributed by atoms with E-state index in [4.69, 9.17) is 0 Å². The number of piperidine rings is 2. The van der Waals surface area contributed by atoms with Gasteiger partial charge in [-0.3, -0.25) is 0 Å². The molecular weight excluding hydrogens is 538 g/mol. The van der Waals surface area contributed by atoms with E-state index in [1.807, 2.05) is 0 Å². The monoisotopic (exact) mass is 622 g/mol. The average molecular weight is 622 g/mol. The Morgan fingerprint density at radius 2 is 0.591 bits per heavy atom. The first-order chi connectivity index (χ1) is 21.3. The van der Waals surface area contributed by atoms with E-state index in [1.165, 1.54) is 174 Å². The largest absolute Gasteiger partial charge is 0.314 e. The fourth-order valence-electron chi connectivity index (χ4n) is 6.14. The van der Waals surface area contributed by atoms with E-state index in [2.05, 4.69) is 73.9 Å². The highest BCUT2D eigenvalue weighted by molar-refractivity contribution is 4.65.